The molecular weight excluding hydrogens is 280 g/mol. The molecule has 1 heterocycles. The molecule has 1 saturated carbocycles. The molecule has 1 aromatic carbocycles. The van der Waals surface area contributed by atoms with E-state index in [9.17, 15) is 10.1 Å². The lowest BCUT2D eigenvalue weighted by molar-refractivity contribution is -0.384. The van der Waals surface area contributed by atoms with Crippen molar-refractivity contribution in [2.24, 2.45) is 5.92 Å². The summed E-state index contributed by atoms with van der Waals surface area (Å²) in [6, 6.07) is 4.98. The molecule has 5 nitrogen and oxygen atoms in total. The van der Waals surface area contributed by atoms with E-state index in [1.165, 1.54) is 25.0 Å². The summed E-state index contributed by atoms with van der Waals surface area (Å²) in [5, 5.41) is 14.6. The minimum atomic E-state index is -0.434. The van der Waals surface area contributed by atoms with Gasteiger partial charge in [0.2, 0.25) is 0 Å². The average molecular weight is 297 g/mol. The number of hydrogen-bond acceptors (Lipinski definition) is 4. The lowest BCUT2D eigenvalue weighted by atomic mass is 10.1. The minimum Gasteiger partial charge on any atom is -0.376 e. The van der Waals surface area contributed by atoms with Crippen molar-refractivity contribution in [3.63, 3.8) is 0 Å². The number of benzene rings is 1. The van der Waals surface area contributed by atoms with Crippen molar-refractivity contribution in [3.05, 3.63) is 38.9 Å². The molecule has 0 amide bonds. The summed E-state index contributed by atoms with van der Waals surface area (Å²) in [6.07, 6.45) is 3.88. The Labute approximate surface area is 122 Å². The minimum absolute atomic E-state index is 0.0267. The molecule has 1 aliphatic carbocycles. The first-order chi connectivity index (χ1) is 9.65. The van der Waals surface area contributed by atoms with Crippen LogP contribution in [0.4, 0.5) is 5.69 Å². The highest BCUT2D eigenvalue weighted by atomic mass is 35.5. The van der Waals surface area contributed by atoms with Gasteiger partial charge in [-0.2, -0.15) is 0 Å². The molecule has 2 fully saturated rings. The number of rotatable bonds is 5. The van der Waals surface area contributed by atoms with Crippen LogP contribution in [-0.4, -0.2) is 23.7 Å². The molecule has 0 aromatic heterocycles. The lowest BCUT2D eigenvalue weighted by Gasteiger charge is -2.19. The van der Waals surface area contributed by atoms with Gasteiger partial charge in [0.1, 0.15) is 0 Å². The van der Waals surface area contributed by atoms with Crippen LogP contribution in [0.1, 0.15) is 24.8 Å². The molecule has 0 bridgehead atoms. The molecule has 6 heteroatoms. The molecule has 2 aliphatic rings. The fourth-order valence-electron chi connectivity index (χ4n) is 2.75. The van der Waals surface area contributed by atoms with Crippen LogP contribution < -0.4 is 5.32 Å². The van der Waals surface area contributed by atoms with Gasteiger partial charge in [-0.15, -0.1) is 0 Å². The maximum absolute atomic E-state index is 10.7. The number of halogens is 1. The first kappa shape index (κ1) is 13.8. The number of nitrogens with zero attached hydrogens (tertiary/aromatic N) is 1. The molecule has 1 saturated heterocycles. The number of nitro benzene ring substituents is 1. The second-order valence-electron chi connectivity index (χ2n) is 5.48. The molecule has 1 aromatic rings. The quantitative estimate of drug-likeness (QED) is 0.670. The van der Waals surface area contributed by atoms with Gasteiger partial charge in [0, 0.05) is 31.3 Å². The summed E-state index contributed by atoms with van der Waals surface area (Å²) in [7, 11) is 0. The summed E-state index contributed by atoms with van der Waals surface area (Å²) < 4.78 is 5.77. The largest absolute Gasteiger partial charge is 0.376 e. The number of nitrogens with one attached hydrogen (secondary N) is 1. The summed E-state index contributed by atoms with van der Waals surface area (Å²) in [5.41, 5.74) is 0.914. The van der Waals surface area contributed by atoms with Crippen molar-refractivity contribution < 1.29 is 9.66 Å². The third-order valence-corrected chi connectivity index (χ3v) is 4.38. The third-order valence-electron chi connectivity index (χ3n) is 4.02. The van der Waals surface area contributed by atoms with Crippen molar-refractivity contribution >= 4 is 17.3 Å². The van der Waals surface area contributed by atoms with Gasteiger partial charge in [-0.25, -0.2) is 0 Å². The Morgan fingerprint density at radius 3 is 2.85 bits per heavy atom. The van der Waals surface area contributed by atoms with Crippen LogP contribution in [0.5, 0.6) is 0 Å². The highest BCUT2D eigenvalue weighted by molar-refractivity contribution is 6.31. The predicted octanol–water partition coefficient (Wildman–Crippen LogP) is 2.91. The summed E-state index contributed by atoms with van der Waals surface area (Å²) in [6.45, 7) is 1.43. The molecule has 1 N–H and O–H groups in total. The zero-order valence-corrected chi connectivity index (χ0v) is 11.8. The Morgan fingerprint density at radius 1 is 1.40 bits per heavy atom. The zero-order valence-electron chi connectivity index (χ0n) is 11.0. The first-order valence-corrected chi connectivity index (χ1v) is 7.31. The van der Waals surface area contributed by atoms with Gasteiger partial charge in [0.05, 0.1) is 16.0 Å². The summed E-state index contributed by atoms with van der Waals surface area (Å²) >= 11 is 6.09. The third kappa shape index (κ3) is 2.95. The second kappa shape index (κ2) is 5.68. The van der Waals surface area contributed by atoms with Crippen LogP contribution in [0.25, 0.3) is 0 Å². The molecule has 0 radical (unpaired) electrons. The number of nitro groups is 1. The van der Waals surface area contributed by atoms with Crippen molar-refractivity contribution in [3.8, 4) is 0 Å². The molecule has 2 unspecified atom stereocenters. The maximum atomic E-state index is 10.7. The Hall–Kier alpha value is -1.17. The molecule has 108 valence electrons. The molecule has 3 rings (SSSR count). The van der Waals surface area contributed by atoms with Gasteiger partial charge >= 0.3 is 0 Å². The van der Waals surface area contributed by atoms with Gasteiger partial charge in [-0.3, -0.25) is 10.1 Å². The summed E-state index contributed by atoms with van der Waals surface area (Å²) in [5.74, 6) is 0.710. The van der Waals surface area contributed by atoms with Crippen molar-refractivity contribution in [2.75, 3.05) is 6.61 Å². The predicted molar refractivity (Wildman–Crippen MR) is 75.8 cm³/mol. The van der Waals surface area contributed by atoms with Crippen LogP contribution in [0.2, 0.25) is 5.02 Å². The molecule has 20 heavy (non-hydrogen) atoms. The van der Waals surface area contributed by atoms with E-state index in [1.54, 1.807) is 6.07 Å². The van der Waals surface area contributed by atoms with Crippen molar-refractivity contribution in [1.82, 2.24) is 5.32 Å². The van der Waals surface area contributed by atoms with E-state index in [4.69, 9.17) is 16.3 Å². The Morgan fingerprint density at radius 2 is 2.20 bits per heavy atom. The topological polar surface area (TPSA) is 64.4 Å². The Bertz CT molecular complexity index is 519. The van der Waals surface area contributed by atoms with Gasteiger partial charge in [-0.1, -0.05) is 11.6 Å². The standard InChI is InChI=1S/C14H17ClN2O3/c15-12-7-11(17(18)19)4-3-10(12)8-16-13-5-6-20-14(13)9-1-2-9/h3-4,7,9,13-14,16H,1-2,5-6,8H2. The molecule has 2 atom stereocenters. The van der Waals surface area contributed by atoms with Gasteiger partial charge in [0.15, 0.2) is 0 Å². The monoisotopic (exact) mass is 296 g/mol. The highest BCUT2D eigenvalue weighted by Gasteiger charge is 2.40. The molecular formula is C14H17ClN2O3. The van der Waals surface area contributed by atoms with E-state index in [0.29, 0.717) is 29.6 Å². The second-order valence-corrected chi connectivity index (χ2v) is 5.89. The first-order valence-electron chi connectivity index (χ1n) is 6.93. The Kier molecular flexibility index (Phi) is 3.92. The lowest BCUT2D eigenvalue weighted by Crippen LogP contribution is -2.37. The van der Waals surface area contributed by atoms with Crippen molar-refractivity contribution in [2.45, 2.75) is 38.0 Å². The average Bonchev–Trinajstić information content (AvgIpc) is 3.16. The van der Waals surface area contributed by atoms with E-state index in [2.05, 4.69) is 5.32 Å². The number of hydrogen-bond donors (Lipinski definition) is 1. The fourth-order valence-corrected chi connectivity index (χ4v) is 2.99. The van der Waals surface area contributed by atoms with Crippen LogP contribution in [-0.2, 0) is 11.3 Å². The molecule has 1 aliphatic heterocycles. The fraction of sp³-hybridized carbons (Fsp3) is 0.571. The number of non-ortho nitro benzene ring substituents is 1. The maximum Gasteiger partial charge on any atom is 0.270 e. The van der Waals surface area contributed by atoms with E-state index >= 15 is 0 Å². The normalized spacial score (nSPS) is 25.9. The zero-order chi connectivity index (χ0) is 14.1. The van der Waals surface area contributed by atoms with E-state index < -0.39 is 4.92 Å². The SMILES string of the molecule is O=[N+]([O-])c1ccc(CNC2CCOC2C2CC2)c(Cl)c1. The van der Waals surface area contributed by atoms with E-state index in [0.717, 1.165) is 18.6 Å². The highest BCUT2D eigenvalue weighted by Crippen LogP contribution is 2.38. The van der Waals surface area contributed by atoms with Crippen LogP contribution in [0, 0.1) is 16.0 Å². The van der Waals surface area contributed by atoms with Crippen molar-refractivity contribution in [1.29, 1.82) is 0 Å². The van der Waals surface area contributed by atoms with Gasteiger partial charge in [0.25, 0.3) is 5.69 Å². The Balaban J connectivity index is 1.61. The van der Waals surface area contributed by atoms with E-state index in [1.807, 2.05) is 0 Å². The van der Waals surface area contributed by atoms with Crippen LogP contribution in [0.15, 0.2) is 18.2 Å². The van der Waals surface area contributed by atoms with Crippen LogP contribution in [0.3, 0.4) is 0 Å². The summed E-state index contributed by atoms with van der Waals surface area (Å²) in [4.78, 5) is 10.2. The number of ether oxygens (including phenoxy) is 1. The van der Waals surface area contributed by atoms with E-state index in [-0.39, 0.29) is 5.69 Å². The molecule has 0 spiro atoms. The van der Waals surface area contributed by atoms with Crippen LogP contribution >= 0.6 is 11.6 Å². The van der Waals surface area contributed by atoms with Gasteiger partial charge in [-0.05, 0) is 36.8 Å². The van der Waals surface area contributed by atoms with Gasteiger partial charge < -0.3 is 10.1 Å². The smallest absolute Gasteiger partial charge is 0.270 e.